The van der Waals surface area contributed by atoms with Crippen LogP contribution in [0, 0.1) is 6.92 Å². The fourth-order valence-electron chi connectivity index (χ4n) is 1.91. The minimum Gasteiger partial charge on any atom is -0.489 e. The number of rotatable bonds is 5. The smallest absolute Gasteiger partial charge is 0.138 e. The fraction of sp³-hybridized carbons (Fsp3) is 0.429. The third kappa shape index (κ3) is 3.52. The van der Waals surface area contributed by atoms with Crippen molar-refractivity contribution in [3.63, 3.8) is 0 Å². The first-order chi connectivity index (χ1) is 9.10. The number of hydrogen-bond donors (Lipinski definition) is 1. The van der Waals surface area contributed by atoms with Crippen LogP contribution >= 0.6 is 11.3 Å². The van der Waals surface area contributed by atoms with Crippen LogP contribution in [0.1, 0.15) is 35.3 Å². The van der Waals surface area contributed by atoms with E-state index in [-0.39, 0.29) is 12.1 Å². The molecule has 19 heavy (non-hydrogen) atoms. The number of pyridine rings is 1. The zero-order valence-electron chi connectivity index (χ0n) is 11.7. The Morgan fingerprint density at radius 1 is 1.26 bits per heavy atom. The van der Waals surface area contributed by atoms with Gasteiger partial charge in [0.25, 0.3) is 0 Å². The van der Waals surface area contributed by atoms with E-state index in [1.807, 2.05) is 46.3 Å². The number of hydrogen-bond acceptors (Lipinski definition) is 5. The van der Waals surface area contributed by atoms with Crippen molar-refractivity contribution in [1.29, 1.82) is 0 Å². The second-order valence-corrected chi connectivity index (χ2v) is 5.89. The molecule has 0 amide bonds. The molecule has 2 rings (SSSR count). The van der Waals surface area contributed by atoms with Crippen LogP contribution in [0.25, 0.3) is 0 Å². The van der Waals surface area contributed by atoms with E-state index in [2.05, 4.69) is 15.3 Å². The van der Waals surface area contributed by atoms with E-state index >= 15 is 0 Å². The van der Waals surface area contributed by atoms with E-state index in [4.69, 9.17) is 4.74 Å². The molecule has 0 saturated carbocycles. The summed E-state index contributed by atoms with van der Waals surface area (Å²) in [6.45, 7) is 6.03. The van der Waals surface area contributed by atoms with Gasteiger partial charge in [-0.15, -0.1) is 11.3 Å². The predicted octanol–water partition coefficient (Wildman–Crippen LogP) is 2.94. The van der Waals surface area contributed by atoms with E-state index in [9.17, 15) is 0 Å². The molecule has 4 nitrogen and oxygen atoms in total. The molecule has 0 aliphatic rings. The predicted molar refractivity (Wildman–Crippen MR) is 77.8 cm³/mol. The van der Waals surface area contributed by atoms with Gasteiger partial charge in [-0.1, -0.05) is 0 Å². The van der Waals surface area contributed by atoms with Gasteiger partial charge in [-0.05, 0) is 39.4 Å². The summed E-state index contributed by atoms with van der Waals surface area (Å²) in [5.41, 5.74) is 1.09. The molecule has 2 heterocycles. The summed E-state index contributed by atoms with van der Waals surface area (Å²) in [6, 6.07) is 2.14. The van der Waals surface area contributed by atoms with Crippen LogP contribution in [0.15, 0.2) is 24.7 Å². The van der Waals surface area contributed by atoms with Crippen LogP contribution in [0.4, 0.5) is 0 Å². The van der Waals surface area contributed by atoms with Gasteiger partial charge >= 0.3 is 0 Å². The van der Waals surface area contributed by atoms with Gasteiger partial charge in [0.05, 0.1) is 23.4 Å². The van der Waals surface area contributed by atoms with E-state index < -0.39 is 0 Å². The second kappa shape index (κ2) is 6.12. The maximum Gasteiger partial charge on any atom is 0.138 e. The molecule has 0 bridgehead atoms. The van der Waals surface area contributed by atoms with Crippen LogP contribution in [-0.4, -0.2) is 23.1 Å². The van der Waals surface area contributed by atoms with Crippen LogP contribution < -0.4 is 10.1 Å². The molecule has 0 fully saturated rings. The first-order valence-corrected chi connectivity index (χ1v) is 7.13. The Hall–Kier alpha value is -1.46. The molecule has 2 aromatic rings. The summed E-state index contributed by atoms with van der Waals surface area (Å²) in [6.07, 6.45) is 5.67. The van der Waals surface area contributed by atoms with Gasteiger partial charge in [-0.3, -0.25) is 4.98 Å². The van der Waals surface area contributed by atoms with Crippen molar-refractivity contribution in [2.75, 3.05) is 7.05 Å². The summed E-state index contributed by atoms with van der Waals surface area (Å²) in [4.78, 5) is 9.75. The summed E-state index contributed by atoms with van der Waals surface area (Å²) in [5.74, 6) is 0.800. The van der Waals surface area contributed by atoms with Crippen molar-refractivity contribution in [1.82, 2.24) is 15.3 Å². The molecule has 0 radical (unpaired) electrons. The average molecular weight is 277 g/mol. The molecule has 1 unspecified atom stereocenters. The number of thiazole rings is 1. The zero-order valence-corrected chi connectivity index (χ0v) is 12.5. The molecule has 1 N–H and O–H groups in total. The molecule has 0 aromatic carbocycles. The topological polar surface area (TPSA) is 47.0 Å². The maximum absolute atomic E-state index is 5.69. The molecule has 0 saturated heterocycles. The number of aromatic nitrogens is 2. The monoisotopic (exact) mass is 277 g/mol. The molecule has 2 aromatic heterocycles. The lowest BCUT2D eigenvalue weighted by atomic mass is 10.1. The van der Waals surface area contributed by atoms with E-state index in [1.165, 1.54) is 4.88 Å². The molecular weight excluding hydrogens is 258 g/mol. The molecular formula is C14H19N3OS. The Bertz CT molecular complexity index is 539. The number of ether oxygens (including phenoxy) is 1. The Morgan fingerprint density at radius 3 is 2.63 bits per heavy atom. The number of aryl methyl sites for hydroxylation is 1. The fourth-order valence-corrected chi connectivity index (χ4v) is 2.84. The Kier molecular flexibility index (Phi) is 4.50. The number of nitrogens with one attached hydrogen (secondary N) is 1. The van der Waals surface area contributed by atoms with Gasteiger partial charge in [0.1, 0.15) is 5.75 Å². The normalized spacial score (nSPS) is 12.7. The second-order valence-electron chi connectivity index (χ2n) is 4.62. The lowest BCUT2D eigenvalue weighted by molar-refractivity contribution is 0.241. The van der Waals surface area contributed by atoms with Crippen molar-refractivity contribution in [3.05, 3.63) is 40.1 Å². The highest BCUT2D eigenvalue weighted by atomic mass is 32.1. The quantitative estimate of drug-likeness (QED) is 0.913. The maximum atomic E-state index is 5.69. The average Bonchev–Trinajstić information content (AvgIpc) is 2.76. The molecule has 1 atom stereocenters. The highest BCUT2D eigenvalue weighted by Gasteiger charge is 2.15. The SMILES string of the molecule is CNC(c1cncc(OC(C)C)c1)c1cnc(C)s1. The zero-order chi connectivity index (χ0) is 13.8. The van der Waals surface area contributed by atoms with Gasteiger partial charge < -0.3 is 10.1 Å². The minimum atomic E-state index is 0.106. The Labute approximate surface area is 117 Å². The largest absolute Gasteiger partial charge is 0.489 e. The van der Waals surface area contributed by atoms with Gasteiger partial charge in [0, 0.05) is 17.3 Å². The van der Waals surface area contributed by atoms with Crippen LogP contribution in [0.5, 0.6) is 5.75 Å². The lowest BCUT2D eigenvalue weighted by Gasteiger charge is -2.16. The molecule has 0 spiro atoms. The van der Waals surface area contributed by atoms with Gasteiger partial charge in [0.15, 0.2) is 0 Å². The summed E-state index contributed by atoms with van der Waals surface area (Å²) >= 11 is 1.69. The molecule has 0 aliphatic heterocycles. The summed E-state index contributed by atoms with van der Waals surface area (Å²) in [7, 11) is 1.94. The molecule has 0 aliphatic carbocycles. The number of nitrogens with zero attached hydrogens (tertiary/aromatic N) is 2. The molecule has 102 valence electrons. The highest BCUT2D eigenvalue weighted by Crippen LogP contribution is 2.28. The van der Waals surface area contributed by atoms with Crippen molar-refractivity contribution in [2.45, 2.75) is 32.9 Å². The van der Waals surface area contributed by atoms with Gasteiger partial charge in [0.2, 0.25) is 0 Å². The van der Waals surface area contributed by atoms with Gasteiger partial charge in [-0.2, -0.15) is 0 Å². The van der Waals surface area contributed by atoms with Crippen molar-refractivity contribution < 1.29 is 4.74 Å². The van der Waals surface area contributed by atoms with Crippen molar-refractivity contribution in [3.8, 4) is 5.75 Å². The van der Waals surface area contributed by atoms with E-state index in [1.54, 1.807) is 17.5 Å². The Balaban J connectivity index is 2.28. The summed E-state index contributed by atoms with van der Waals surface area (Å²) < 4.78 is 5.69. The van der Waals surface area contributed by atoms with Crippen LogP contribution in [-0.2, 0) is 0 Å². The van der Waals surface area contributed by atoms with Gasteiger partial charge in [-0.25, -0.2) is 4.98 Å². The van der Waals surface area contributed by atoms with Crippen molar-refractivity contribution >= 4 is 11.3 Å². The molecule has 5 heteroatoms. The Morgan fingerprint density at radius 2 is 2.05 bits per heavy atom. The van der Waals surface area contributed by atoms with Crippen molar-refractivity contribution in [2.24, 2.45) is 0 Å². The summed E-state index contributed by atoms with van der Waals surface area (Å²) in [5, 5.41) is 4.37. The van der Waals surface area contributed by atoms with Crippen LogP contribution in [0.2, 0.25) is 0 Å². The highest BCUT2D eigenvalue weighted by molar-refractivity contribution is 7.11. The standard InChI is InChI=1S/C14H19N3OS/c1-9(2)18-12-5-11(6-16-7-12)14(15-4)13-8-17-10(3)19-13/h5-9,14-15H,1-4H3. The van der Waals surface area contributed by atoms with E-state index in [0.717, 1.165) is 16.3 Å². The lowest BCUT2D eigenvalue weighted by Crippen LogP contribution is -2.17. The first-order valence-electron chi connectivity index (χ1n) is 6.31. The third-order valence-electron chi connectivity index (χ3n) is 2.65. The van der Waals surface area contributed by atoms with Crippen LogP contribution in [0.3, 0.4) is 0 Å². The third-order valence-corrected chi connectivity index (χ3v) is 3.63. The first kappa shape index (κ1) is 14.0. The minimum absolute atomic E-state index is 0.106. The van der Waals surface area contributed by atoms with E-state index in [0.29, 0.717) is 0 Å².